The molecule has 0 aliphatic carbocycles. The van der Waals surface area contributed by atoms with E-state index < -0.39 is 18.5 Å². The molecule has 0 saturated heterocycles. The Morgan fingerprint density at radius 2 is 1.93 bits per heavy atom. The first-order valence-electron chi connectivity index (χ1n) is 8.68. The molecule has 7 nitrogen and oxygen atoms in total. The normalized spacial score (nSPS) is 11.2. The van der Waals surface area contributed by atoms with Gasteiger partial charge in [0.25, 0.3) is 0 Å². The molecule has 10 heteroatoms. The lowest BCUT2D eigenvalue weighted by Crippen LogP contribution is -2.21. The standard InChI is InChI=1S/C19H18ClF2N5O2/c1-9(2)15-14(8-24-13-4-5-23-10(3)16(13)15)27-19(28)26-11-6-12(20)17(25-7-11)29-18(21)22/h4-9,18H,1-3H3,(H2,26,27,28). The van der Waals surface area contributed by atoms with Gasteiger partial charge in [0.15, 0.2) is 0 Å². The van der Waals surface area contributed by atoms with Crippen LogP contribution in [0.4, 0.5) is 25.0 Å². The van der Waals surface area contributed by atoms with Crippen LogP contribution in [0, 0.1) is 6.92 Å². The Morgan fingerprint density at radius 1 is 1.17 bits per heavy atom. The molecule has 3 heterocycles. The van der Waals surface area contributed by atoms with Crippen LogP contribution in [0.15, 0.2) is 30.7 Å². The number of hydrogen-bond donors (Lipinski definition) is 2. The minimum Gasteiger partial charge on any atom is -0.415 e. The molecular weight excluding hydrogens is 404 g/mol. The highest BCUT2D eigenvalue weighted by atomic mass is 35.5. The Bertz CT molecular complexity index is 1060. The smallest absolute Gasteiger partial charge is 0.388 e. The average molecular weight is 422 g/mol. The molecule has 3 aromatic rings. The maximum absolute atomic E-state index is 12.5. The molecule has 0 spiro atoms. The summed E-state index contributed by atoms with van der Waals surface area (Å²) in [5, 5.41) is 6.06. The number of aryl methyl sites for hydroxylation is 1. The van der Waals surface area contributed by atoms with Crippen LogP contribution in [0.3, 0.4) is 0 Å². The summed E-state index contributed by atoms with van der Waals surface area (Å²) in [5.74, 6) is -0.322. The fourth-order valence-electron chi connectivity index (χ4n) is 2.98. The molecule has 0 unspecified atom stereocenters. The lowest BCUT2D eigenvalue weighted by molar-refractivity contribution is -0.0527. The lowest BCUT2D eigenvalue weighted by atomic mass is 9.96. The Labute approximate surface area is 170 Å². The molecule has 0 atom stereocenters. The summed E-state index contributed by atoms with van der Waals surface area (Å²) >= 11 is 5.86. The van der Waals surface area contributed by atoms with Crippen molar-refractivity contribution in [3.8, 4) is 5.88 Å². The van der Waals surface area contributed by atoms with Crippen LogP contribution >= 0.6 is 11.6 Å². The summed E-state index contributed by atoms with van der Waals surface area (Å²) in [7, 11) is 0. The van der Waals surface area contributed by atoms with Gasteiger partial charge in [-0.25, -0.2) is 9.78 Å². The Morgan fingerprint density at radius 3 is 2.59 bits per heavy atom. The van der Waals surface area contributed by atoms with E-state index in [9.17, 15) is 13.6 Å². The molecule has 0 radical (unpaired) electrons. The first-order valence-corrected chi connectivity index (χ1v) is 9.06. The number of halogens is 3. The third kappa shape index (κ3) is 4.68. The zero-order valence-corrected chi connectivity index (χ0v) is 16.6. The van der Waals surface area contributed by atoms with E-state index >= 15 is 0 Å². The molecule has 3 aromatic heterocycles. The molecule has 0 fully saturated rings. The number of ether oxygens (including phenoxy) is 1. The van der Waals surface area contributed by atoms with E-state index in [0.29, 0.717) is 5.69 Å². The monoisotopic (exact) mass is 421 g/mol. The SMILES string of the molecule is Cc1nccc2ncc(NC(=O)Nc3cnc(OC(F)F)c(Cl)c3)c(C(C)C)c12. The van der Waals surface area contributed by atoms with E-state index in [1.54, 1.807) is 12.4 Å². The van der Waals surface area contributed by atoms with E-state index in [2.05, 4.69) is 30.3 Å². The van der Waals surface area contributed by atoms with Gasteiger partial charge < -0.3 is 15.4 Å². The fraction of sp³-hybridized carbons (Fsp3) is 0.263. The first kappa shape index (κ1) is 20.7. The third-order valence-corrected chi connectivity index (χ3v) is 4.37. The minimum atomic E-state index is -3.05. The van der Waals surface area contributed by atoms with E-state index in [1.165, 1.54) is 12.3 Å². The van der Waals surface area contributed by atoms with E-state index in [1.807, 2.05) is 26.8 Å². The fourth-order valence-corrected chi connectivity index (χ4v) is 3.19. The molecule has 2 amide bonds. The van der Waals surface area contributed by atoms with Crippen molar-refractivity contribution in [2.75, 3.05) is 10.6 Å². The predicted octanol–water partition coefficient (Wildman–Crippen LogP) is 5.36. The molecule has 0 saturated carbocycles. The molecule has 2 N–H and O–H groups in total. The van der Waals surface area contributed by atoms with Crippen molar-refractivity contribution in [3.05, 3.63) is 47.0 Å². The molecule has 3 rings (SSSR count). The second-order valence-corrected chi connectivity index (χ2v) is 6.91. The number of nitrogens with zero attached hydrogens (tertiary/aromatic N) is 3. The molecule has 0 aromatic carbocycles. The predicted molar refractivity (Wildman–Crippen MR) is 107 cm³/mol. The highest BCUT2D eigenvalue weighted by molar-refractivity contribution is 6.32. The second-order valence-electron chi connectivity index (χ2n) is 6.50. The van der Waals surface area contributed by atoms with Crippen LogP contribution in [0.25, 0.3) is 10.9 Å². The zero-order valence-electron chi connectivity index (χ0n) is 15.8. The summed E-state index contributed by atoms with van der Waals surface area (Å²) in [6.07, 6.45) is 4.44. The van der Waals surface area contributed by atoms with Crippen molar-refractivity contribution in [3.63, 3.8) is 0 Å². The van der Waals surface area contributed by atoms with Crippen LogP contribution < -0.4 is 15.4 Å². The maximum Gasteiger partial charge on any atom is 0.388 e. The number of hydrogen-bond acceptors (Lipinski definition) is 5. The van der Waals surface area contributed by atoms with Crippen LogP contribution in [-0.4, -0.2) is 27.6 Å². The molecule has 152 valence electrons. The quantitative estimate of drug-likeness (QED) is 0.579. The topological polar surface area (TPSA) is 89.0 Å². The van der Waals surface area contributed by atoms with Crippen molar-refractivity contribution < 1.29 is 18.3 Å². The van der Waals surface area contributed by atoms with Gasteiger partial charge in [-0.1, -0.05) is 25.4 Å². The highest BCUT2D eigenvalue weighted by Gasteiger charge is 2.17. The molecule has 29 heavy (non-hydrogen) atoms. The number of carbonyl (C=O) groups is 1. The largest absolute Gasteiger partial charge is 0.415 e. The van der Waals surface area contributed by atoms with E-state index in [4.69, 9.17) is 11.6 Å². The van der Waals surface area contributed by atoms with Crippen molar-refractivity contribution in [2.24, 2.45) is 0 Å². The molecular formula is C19H18ClF2N5O2. The van der Waals surface area contributed by atoms with Crippen LogP contribution in [0.2, 0.25) is 5.02 Å². The zero-order chi connectivity index (χ0) is 21.1. The summed E-state index contributed by atoms with van der Waals surface area (Å²) < 4.78 is 28.7. The molecule has 0 bridgehead atoms. The second kappa shape index (κ2) is 8.52. The Balaban J connectivity index is 1.84. The van der Waals surface area contributed by atoms with Crippen molar-refractivity contribution in [1.82, 2.24) is 15.0 Å². The van der Waals surface area contributed by atoms with Gasteiger partial charge in [0.1, 0.15) is 5.02 Å². The van der Waals surface area contributed by atoms with Gasteiger partial charge in [-0.3, -0.25) is 9.97 Å². The minimum absolute atomic E-state index is 0.0978. The number of alkyl halides is 2. The number of amides is 2. The number of anilines is 2. The summed E-state index contributed by atoms with van der Waals surface area (Å²) in [4.78, 5) is 24.9. The Hall–Kier alpha value is -3.07. The number of rotatable bonds is 5. The van der Waals surface area contributed by atoms with Gasteiger partial charge in [-0.2, -0.15) is 8.78 Å². The maximum atomic E-state index is 12.5. The summed E-state index contributed by atoms with van der Waals surface area (Å²) in [6, 6.07) is 2.52. The van der Waals surface area contributed by atoms with Gasteiger partial charge in [-0.15, -0.1) is 0 Å². The number of urea groups is 1. The van der Waals surface area contributed by atoms with Gasteiger partial charge in [0, 0.05) is 17.3 Å². The molecule has 0 aliphatic heterocycles. The van der Waals surface area contributed by atoms with Gasteiger partial charge in [0.05, 0.1) is 29.3 Å². The van der Waals surface area contributed by atoms with Crippen LogP contribution in [-0.2, 0) is 0 Å². The number of nitrogens with one attached hydrogen (secondary N) is 2. The number of pyridine rings is 3. The van der Waals surface area contributed by atoms with Gasteiger partial charge in [-0.05, 0) is 30.5 Å². The van der Waals surface area contributed by atoms with Crippen LogP contribution in [0.5, 0.6) is 5.88 Å². The number of fused-ring (bicyclic) bond motifs is 1. The number of carbonyl (C=O) groups excluding carboxylic acids is 1. The summed E-state index contributed by atoms with van der Waals surface area (Å²) in [5.41, 5.74) is 3.27. The first-order chi connectivity index (χ1) is 13.8. The third-order valence-electron chi connectivity index (χ3n) is 4.10. The average Bonchev–Trinajstić information content (AvgIpc) is 2.63. The van der Waals surface area contributed by atoms with Crippen molar-refractivity contribution in [2.45, 2.75) is 33.3 Å². The summed E-state index contributed by atoms with van der Waals surface area (Å²) in [6.45, 7) is 2.86. The van der Waals surface area contributed by atoms with E-state index in [-0.39, 0.29) is 16.6 Å². The highest BCUT2D eigenvalue weighted by Crippen LogP contribution is 2.32. The van der Waals surface area contributed by atoms with Crippen LogP contribution in [0.1, 0.15) is 31.0 Å². The molecule has 0 aliphatic rings. The van der Waals surface area contributed by atoms with Gasteiger partial charge >= 0.3 is 12.6 Å². The van der Waals surface area contributed by atoms with Gasteiger partial charge in [0.2, 0.25) is 5.88 Å². The van der Waals surface area contributed by atoms with Crippen molar-refractivity contribution in [1.29, 1.82) is 0 Å². The van der Waals surface area contributed by atoms with E-state index in [0.717, 1.165) is 22.2 Å². The Kier molecular flexibility index (Phi) is 6.07. The lowest BCUT2D eigenvalue weighted by Gasteiger charge is -2.17. The number of aromatic nitrogens is 3. The van der Waals surface area contributed by atoms with Crippen molar-refractivity contribution >= 4 is 39.9 Å².